The molecular formula is C16H25N. The first-order valence-corrected chi connectivity index (χ1v) is 6.99. The van der Waals surface area contributed by atoms with Crippen LogP contribution in [-0.2, 0) is 6.42 Å². The summed E-state index contributed by atoms with van der Waals surface area (Å²) in [4.78, 5) is 0. The van der Waals surface area contributed by atoms with Crippen LogP contribution in [0.15, 0.2) is 18.2 Å². The maximum atomic E-state index is 3.70. The van der Waals surface area contributed by atoms with E-state index in [1.807, 2.05) is 0 Å². The van der Waals surface area contributed by atoms with Crippen LogP contribution in [0.4, 0.5) is 0 Å². The third kappa shape index (κ3) is 2.55. The SMILES string of the molecule is CCCNC1c2cc(C(C)C)ccc2CC1C. The zero-order valence-corrected chi connectivity index (χ0v) is 11.6. The standard InChI is InChI=1S/C16H25N/c1-5-8-17-16-12(4)9-14-7-6-13(11(2)3)10-15(14)16/h6-7,10-12,16-17H,5,8-9H2,1-4H3. The van der Waals surface area contributed by atoms with Crippen molar-refractivity contribution in [3.63, 3.8) is 0 Å². The van der Waals surface area contributed by atoms with E-state index in [1.165, 1.54) is 18.4 Å². The Bertz CT molecular complexity index is 381. The second-order valence-corrected chi connectivity index (χ2v) is 5.73. The second-order valence-electron chi connectivity index (χ2n) is 5.73. The quantitative estimate of drug-likeness (QED) is 0.824. The van der Waals surface area contributed by atoms with Gasteiger partial charge in [-0.2, -0.15) is 0 Å². The van der Waals surface area contributed by atoms with Gasteiger partial charge in [0.15, 0.2) is 0 Å². The lowest BCUT2D eigenvalue weighted by atomic mass is 9.96. The summed E-state index contributed by atoms with van der Waals surface area (Å²) in [5.74, 6) is 1.36. The molecule has 17 heavy (non-hydrogen) atoms. The van der Waals surface area contributed by atoms with Crippen molar-refractivity contribution < 1.29 is 0 Å². The highest BCUT2D eigenvalue weighted by atomic mass is 14.9. The molecule has 1 N–H and O–H groups in total. The lowest BCUT2D eigenvalue weighted by molar-refractivity contribution is 0.417. The zero-order chi connectivity index (χ0) is 12.4. The third-order valence-electron chi connectivity index (χ3n) is 3.90. The number of benzene rings is 1. The Kier molecular flexibility index (Phi) is 3.88. The van der Waals surface area contributed by atoms with Crippen molar-refractivity contribution in [2.24, 2.45) is 5.92 Å². The van der Waals surface area contributed by atoms with Crippen molar-refractivity contribution in [2.75, 3.05) is 6.54 Å². The van der Waals surface area contributed by atoms with Crippen LogP contribution >= 0.6 is 0 Å². The highest BCUT2D eigenvalue weighted by Gasteiger charge is 2.28. The molecule has 0 heterocycles. The monoisotopic (exact) mass is 231 g/mol. The molecule has 0 fully saturated rings. The maximum absolute atomic E-state index is 3.70. The van der Waals surface area contributed by atoms with Gasteiger partial charge in [0, 0.05) is 6.04 Å². The van der Waals surface area contributed by atoms with Crippen molar-refractivity contribution in [2.45, 2.75) is 52.5 Å². The molecule has 2 rings (SSSR count). The molecule has 0 saturated heterocycles. The van der Waals surface area contributed by atoms with Crippen molar-refractivity contribution in [3.8, 4) is 0 Å². The topological polar surface area (TPSA) is 12.0 Å². The van der Waals surface area contributed by atoms with Gasteiger partial charge in [0.2, 0.25) is 0 Å². The van der Waals surface area contributed by atoms with Gasteiger partial charge in [-0.1, -0.05) is 45.9 Å². The van der Waals surface area contributed by atoms with Crippen molar-refractivity contribution in [1.29, 1.82) is 0 Å². The molecule has 1 aliphatic carbocycles. The predicted octanol–water partition coefficient (Wildman–Crippen LogP) is 4.04. The van der Waals surface area contributed by atoms with Crippen LogP contribution in [0.25, 0.3) is 0 Å². The Morgan fingerprint density at radius 1 is 1.35 bits per heavy atom. The van der Waals surface area contributed by atoms with E-state index in [0.717, 1.165) is 12.5 Å². The Morgan fingerprint density at radius 3 is 2.76 bits per heavy atom. The minimum absolute atomic E-state index is 0.573. The molecule has 0 amide bonds. The molecule has 1 aliphatic rings. The molecule has 2 atom stereocenters. The van der Waals surface area contributed by atoms with E-state index in [1.54, 1.807) is 11.1 Å². The maximum Gasteiger partial charge on any atom is 0.0352 e. The fraction of sp³-hybridized carbons (Fsp3) is 0.625. The third-order valence-corrected chi connectivity index (χ3v) is 3.90. The summed E-state index contributed by atoms with van der Waals surface area (Å²) in [6, 6.07) is 7.65. The van der Waals surface area contributed by atoms with Gasteiger partial charge in [0.05, 0.1) is 0 Å². The van der Waals surface area contributed by atoms with Crippen LogP contribution in [0, 0.1) is 5.92 Å². The van der Waals surface area contributed by atoms with Crippen LogP contribution in [0.3, 0.4) is 0 Å². The number of hydrogen-bond acceptors (Lipinski definition) is 1. The van der Waals surface area contributed by atoms with Crippen LogP contribution in [0.1, 0.15) is 62.8 Å². The molecule has 0 aromatic heterocycles. The minimum atomic E-state index is 0.573. The van der Waals surface area contributed by atoms with E-state index in [-0.39, 0.29) is 0 Å². The Balaban J connectivity index is 2.26. The smallest absolute Gasteiger partial charge is 0.0352 e. The molecule has 2 unspecified atom stereocenters. The van der Waals surface area contributed by atoms with Gasteiger partial charge >= 0.3 is 0 Å². The summed E-state index contributed by atoms with van der Waals surface area (Å²) in [6.45, 7) is 10.3. The van der Waals surface area contributed by atoms with Gasteiger partial charge in [0.1, 0.15) is 0 Å². The fourth-order valence-corrected chi connectivity index (χ4v) is 2.83. The molecule has 0 saturated carbocycles. The highest BCUT2D eigenvalue weighted by Crippen LogP contribution is 2.37. The molecule has 0 bridgehead atoms. The predicted molar refractivity (Wildman–Crippen MR) is 74.4 cm³/mol. The summed E-state index contributed by atoms with van der Waals surface area (Å²) < 4.78 is 0. The number of fused-ring (bicyclic) bond motifs is 1. The first-order chi connectivity index (χ1) is 8.13. The van der Waals surface area contributed by atoms with Crippen LogP contribution in [0.5, 0.6) is 0 Å². The summed E-state index contributed by atoms with van der Waals surface area (Å²) in [5.41, 5.74) is 4.58. The summed E-state index contributed by atoms with van der Waals surface area (Å²) in [6.07, 6.45) is 2.44. The summed E-state index contributed by atoms with van der Waals surface area (Å²) in [5, 5.41) is 3.70. The van der Waals surface area contributed by atoms with Gasteiger partial charge in [-0.05, 0) is 47.9 Å². The van der Waals surface area contributed by atoms with Crippen molar-refractivity contribution >= 4 is 0 Å². The average molecular weight is 231 g/mol. The molecule has 0 spiro atoms. The van der Waals surface area contributed by atoms with E-state index in [0.29, 0.717) is 12.0 Å². The highest BCUT2D eigenvalue weighted by molar-refractivity contribution is 5.39. The van der Waals surface area contributed by atoms with Crippen molar-refractivity contribution in [1.82, 2.24) is 5.32 Å². The number of hydrogen-bond donors (Lipinski definition) is 1. The Labute approximate surface area is 106 Å². The molecule has 1 aromatic rings. The van der Waals surface area contributed by atoms with Crippen LogP contribution in [0.2, 0.25) is 0 Å². The van der Waals surface area contributed by atoms with Gasteiger partial charge in [0.25, 0.3) is 0 Å². The molecule has 0 radical (unpaired) electrons. The van der Waals surface area contributed by atoms with E-state index < -0.39 is 0 Å². The average Bonchev–Trinajstić information content (AvgIpc) is 2.61. The number of nitrogens with one attached hydrogen (secondary N) is 1. The van der Waals surface area contributed by atoms with Gasteiger partial charge < -0.3 is 5.32 Å². The first-order valence-electron chi connectivity index (χ1n) is 6.99. The first kappa shape index (κ1) is 12.6. The molecular weight excluding hydrogens is 206 g/mol. The van der Waals surface area contributed by atoms with E-state index >= 15 is 0 Å². The van der Waals surface area contributed by atoms with Gasteiger partial charge in [-0.15, -0.1) is 0 Å². The minimum Gasteiger partial charge on any atom is -0.310 e. The van der Waals surface area contributed by atoms with E-state index in [2.05, 4.69) is 51.2 Å². The fourth-order valence-electron chi connectivity index (χ4n) is 2.83. The molecule has 1 aromatic carbocycles. The lowest BCUT2D eigenvalue weighted by Gasteiger charge is -2.19. The van der Waals surface area contributed by atoms with Gasteiger partial charge in [-0.25, -0.2) is 0 Å². The Morgan fingerprint density at radius 2 is 2.12 bits per heavy atom. The summed E-state index contributed by atoms with van der Waals surface area (Å²) in [7, 11) is 0. The Hall–Kier alpha value is -0.820. The summed E-state index contributed by atoms with van der Waals surface area (Å²) >= 11 is 0. The lowest BCUT2D eigenvalue weighted by Crippen LogP contribution is -2.24. The van der Waals surface area contributed by atoms with Crippen LogP contribution < -0.4 is 5.32 Å². The van der Waals surface area contributed by atoms with E-state index in [9.17, 15) is 0 Å². The van der Waals surface area contributed by atoms with Gasteiger partial charge in [-0.3, -0.25) is 0 Å². The van der Waals surface area contributed by atoms with E-state index in [4.69, 9.17) is 0 Å². The van der Waals surface area contributed by atoms with Crippen LogP contribution in [-0.4, -0.2) is 6.54 Å². The molecule has 94 valence electrons. The molecule has 1 heteroatoms. The zero-order valence-electron chi connectivity index (χ0n) is 11.6. The molecule has 0 aliphatic heterocycles. The second kappa shape index (κ2) is 5.22. The number of rotatable bonds is 4. The largest absolute Gasteiger partial charge is 0.310 e. The van der Waals surface area contributed by atoms with Crippen molar-refractivity contribution in [3.05, 3.63) is 34.9 Å². The normalized spacial score (nSPS) is 23.1. The molecule has 1 nitrogen and oxygen atoms in total.